The second-order valence-corrected chi connectivity index (χ2v) is 9.23. The molecule has 154 valence electrons. The summed E-state index contributed by atoms with van der Waals surface area (Å²) in [7, 11) is -3.48. The summed E-state index contributed by atoms with van der Waals surface area (Å²) in [6.07, 6.45) is 1.70. The average molecular weight is 424 g/mol. The molecule has 4 aromatic rings. The van der Waals surface area contributed by atoms with E-state index in [0.717, 1.165) is 5.39 Å². The molecule has 1 aliphatic heterocycles. The van der Waals surface area contributed by atoms with Gasteiger partial charge >= 0.3 is 5.63 Å². The van der Waals surface area contributed by atoms with Crippen molar-refractivity contribution in [1.82, 2.24) is 19.0 Å². The second kappa shape index (κ2) is 7.35. The van der Waals surface area contributed by atoms with Crippen molar-refractivity contribution in [2.75, 3.05) is 26.2 Å². The molecule has 3 heterocycles. The predicted molar refractivity (Wildman–Crippen MR) is 113 cm³/mol. The van der Waals surface area contributed by atoms with Gasteiger partial charge in [-0.2, -0.15) is 9.40 Å². The Balaban J connectivity index is 1.33. The van der Waals surface area contributed by atoms with Gasteiger partial charge in [0, 0.05) is 37.8 Å². The van der Waals surface area contributed by atoms with Crippen molar-refractivity contribution in [3.63, 3.8) is 0 Å². The summed E-state index contributed by atoms with van der Waals surface area (Å²) in [5, 5.41) is 5.83. The summed E-state index contributed by atoms with van der Waals surface area (Å²) < 4.78 is 34.2. The first-order chi connectivity index (χ1) is 14.5. The molecular weight excluding hydrogens is 404 g/mol. The number of hydrogen-bond acceptors (Lipinski definition) is 6. The molecule has 0 atom stereocenters. The van der Waals surface area contributed by atoms with E-state index in [1.54, 1.807) is 47.3 Å². The Morgan fingerprint density at radius 2 is 1.60 bits per heavy atom. The first kappa shape index (κ1) is 19.0. The molecule has 0 unspecified atom stereocenters. The monoisotopic (exact) mass is 424 g/mol. The fraction of sp³-hybridized carbons (Fsp3) is 0.238. The number of benzene rings is 2. The van der Waals surface area contributed by atoms with Crippen LogP contribution in [0.15, 0.2) is 74.9 Å². The van der Waals surface area contributed by atoms with Gasteiger partial charge < -0.3 is 4.42 Å². The molecule has 1 fully saturated rings. The molecule has 2 aromatic carbocycles. The summed E-state index contributed by atoms with van der Waals surface area (Å²) >= 11 is 0. The number of para-hydroxylation sites is 1. The third-order valence-corrected chi connectivity index (χ3v) is 7.30. The van der Waals surface area contributed by atoms with Crippen molar-refractivity contribution in [3.8, 4) is 0 Å². The van der Waals surface area contributed by atoms with Crippen LogP contribution in [0.4, 0.5) is 0 Å². The van der Waals surface area contributed by atoms with E-state index in [-0.39, 0.29) is 0 Å². The van der Waals surface area contributed by atoms with Crippen LogP contribution in [0.5, 0.6) is 0 Å². The van der Waals surface area contributed by atoms with Gasteiger partial charge in [0.15, 0.2) is 0 Å². The van der Waals surface area contributed by atoms with Crippen LogP contribution in [0.1, 0.15) is 0 Å². The summed E-state index contributed by atoms with van der Waals surface area (Å²) in [6.45, 7) is 2.45. The van der Waals surface area contributed by atoms with Crippen molar-refractivity contribution in [2.45, 2.75) is 11.6 Å². The van der Waals surface area contributed by atoms with Crippen LogP contribution >= 0.6 is 0 Å². The number of nitrogens with zero attached hydrogens (tertiary/aromatic N) is 4. The van der Waals surface area contributed by atoms with E-state index in [1.807, 2.05) is 18.2 Å². The number of piperazine rings is 1. The van der Waals surface area contributed by atoms with Crippen LogP contribution in [0, 0.1) is 0 Å². The summed E-state index contributed by atoms with van der Waals surface area (Å²) in [5.74, 6) is 0. The molecule has 30 heavy (non-hydrogen) atoms. The first-order valence-corrected chi connectivity index (χ1v) is 11.1. The lowest BCUT2D eigenvalue weighted by Crippen LogP contribution is -2.48. The van der Waals surface area contributed by atoms with Crippen molar-refractivity contribution < 1.29 is 12.8 Å². The van der Waals surface area contributed by atoms with Crippen molar-refractivity contribution in [1.29, 1.82) is 0 Å². The molecule has 0 radical (unpaired) electrons. The summed E-state index contributed by atoms with van der Waals surface area (Å²) in [4.78, 5) is 14.7. The molecule has 0 aliphatic carbocycles. The van der Waals surface area contributed by atoms with E-state index >= 15 is 0 Å². The Bertz CT molecular complexity index is 1370. The van der Waals surface area contributed by atoms with Gasteiger partial charge in [0.25, 0.3) is 0 Å². The highest BCUT2D eigenvalue weighted by atomic mass is 32.2. The zero-order valence-electron chi connectivity index (χ0n) is 16.1. The molecular formula is C21H20N4O4S. The Morgan fingerprint density at radius 1 is 0.900 bits per heavy atom. The molecule has 5 rings (SSSR count). The highest BCUT2D eigenvalue weighted by Gasteiger charge is 2.28. The molecule has 0 N–H and O–H groups in total. The molecule has 8 nitrogen and oxygen atoms in total. The Labute approximate surface area is 173 Å². The Morgan fingerprint density at radius 3 is 2.37 bits per heavy atom. The molecule has 0 saturated carbocycles. The maximum Gasteiger partial charge on any atom is 0.347 e. The van der Waals surface area contributed by atoms with E-state index in [4.69, 9.17) is 4.42 Å². The second-order valence-electron chi connectivity index (χ2n) is 7.29. The minimum absolute atomic E-state index is 0.315. The highest BCUT2D eigenvalue weighted by Crippen LogP contribution is 2.22. The van der Waals surface area contributed by atoms with Gasteiger partial charge in [0.05, 0.1) is 11.6 Å². The maximum atomic E-state index is 12.8. The van der Waals surface area contributed by atoms with Crippen LogP contribution in [-0.4, -0.2) is 53.6 Å². The molecule has 0 amide bonds. The standard InChI is InChI=1S/C21H20N4O4S/c26-21-18-14-24(22-20(18)17-8-4-5-9-19(17)29-21)15-23-10-12-25(13-11-23)30(27,28)16-6-2-1-3-7-16/h1-9,14H,10-13,15H2. The summed E-state index contributed by atoms with van der Waals surface area (Å²) in [5.41, 5.74) is 0.723. The first-order valence-electron chi connectivity index (χ1n) is 9.69. The lowest BCUT2D eigenvalue weighted by atomic mass is 10.2. The van der Waals surface area contributed by atoms with Crippen molar-refractivity contribution >= 4 is 31.9 Å². The lowest BCUT2D eigenvalue weighted by Gasteiger charge is -2.33. The minimum Gasteiger partial charge on any atom is -0.422 e. The topological polar surface area (TPSA) is 88.7 Å². The SMILES string of the molecule is O=c1oc2ccccc2c2nn(CN3CCN(S(=O)(=O)c4ccccc4)CC3)cc12. The van der Waals surface area contributed by atoms with Gasteiger partial charge in [-0.15, -0.1) is 0 Å². The van der Waals surface area contributed by atoms with Crippen molar-refractivity contribution in [2.24, 2.45) is 0 Å². The fourth-order valence-electron chi connectivity index (χ4n) is 3.81. The van der Waals surface area contributed by atoms with E-state index in [0.29, 0.717) is 54.2 Å². The van der Waals surface area contributed by atoms with Crippen LogP contribution < -0.4 is 5.63 Å². The fourth-order valence-corrected chi connectivity index (χ4v) is 5.25. The van der Waals surface area contributed by atoms with Crippen LogP contribution in [0.3, 0.4) is 0 Å². The largest absolute Gasteiger partial charge is 0.422 e. The average Bonchev–Trinajstić information content (AvgIpc) is 3.19. The van der Waals surface area contributed by atoms with Crippen LogP contribution in [0.2, 0.25) is 0 Å². The predicted octanol–water partition coefficient (Wildman–Crippen LogP) is 2.11. The Hall–Kier alpha value is -3.01. The number of hydrogen-bond donors (Lipinski definition) is 0. The van der Waals surface area contributed by atoms with Crippen molar-refractivity contribution in [3.05, 3.63) is 71.2 Å². The molecule has 0 spiro atoms. The van der Waals surface area contributed by atoms with Gasteiger partial charge in [-0.1, -0.05) is 30.3 Å². The van der Waals surface area contributed by atoms with Gasteiger partial charge in [0.2, 0.25) is 10.0 Å². The smallest absolute Gasteiger partial charge is 0.347 e. The zero-order chi connectivity index (χ0) is 20.7. The third kappa shape index (κ3) is 3.30. The molecule has 1 saturated heterocycles. The minimum atomic E-state index is -3.48. The summed E-state index contributed by atoms with van der Waals surface area (Å²) in [6, 6.07) is 15.8. The molecule has 0 bridgehead atoms. The van der Waals surface area contributed by atoms with Gasteiger partial charge in [-0.3, -0.25) is 9.58 Å². The Kier molecular flexibility index (Phi) is 4.65. The number of sulfonamides is 1. The number of rotatable bonds is 4. The third-order valence-electron chi connectivity index (χ3n) is 5.38. The molecule has 9 heteroatoms. The van der Waals surface area contributed by atoms with E-state index in [2.05, 4.69) is 10.00 Å². The normalized spacial score (nSPS) is 16.4. The molecule has 2 aromatic heterocycles. The zero-order valence-corrected chi connectivity index (χ0v) is 17.0. The number of fused-ring (bicyclic) bond motifs is 3. The number of aromatic nitrogens is 2. The maximum absolute atomic E-state index is 12.8. The highest BCUT2D eigenvalue weighted by molar-refractivity contribution is 7.89. The van der Waals surface area contributed by atoms with E-state index < -0.39 is 15.6 Å². The lowest BCUT2D eigenvalue weighted by molar-refractivity contribution is 0.146. The van der Waals surface area contributed by atoms with Gasteiger partial charge in [0.1, 0.15) is 16.5 Å². The van der Waals surface area contributed by atoms with Crippen LogP contribution in [-0.2, 0) is 16.7 Å². The quantitative estimate of drug-likeness (QED) is 0.466. The van der Waals surface area contributed by atoms with Crippen LogP contribution in [0.25, 0.3) is 21.9 Å². The van der Waals surface area contributed by atoms with Gasteiger partial charge in [-0.25, -0.2) is 13.2 Å². The van der Waals surface area contributed by atoms with Gasteiger partial charge in [-0.05, 0) is 24.3 Å². The van der Waals surface area contributed by atoms with E-state index in [9.17, 15) is 13.2 Å². The molecule has 1 aliphatic rings. The van der Waals surface area contributed by atoms with E-state index in [1.165, 1.54) is 4.31 Å².